The normalized spacial score (nSPS) is 15.2. The van der Waals surface area contributed by atoms with Crippen molar-refractivity contribution in [1.82, 2.24) is 10.6 Å². The summed E-state index contributed by atoms with van der Waals surface area (Å²) in [6.45, 7) is 9.49. The van der Waals surface area contributed by atoms with Crippen LogP contribution in [0.4, 0.5) is 0 Å². The minimum atomic E-state index is -1.40. The Balaban J connectivity index is 4.40. The second kappa shape index (κ2) is 27.0. The molecule has 38 heavy (non-hydrogen) atoms. The summed E-state index contributed by atoms with van der Waals surface area (Å²) in [5, 5.41) is 37.3. The van der Waals surface area contributed by atoms with E-state index in [0.717, 1.165) is 38.6 Å². The lowest BCUT2D eigenvalue weighted by Gasteiger charge is -2.43. The zero-order valence-corrected chi connectivity index (χ0v) is 26.3. The first-order chi connectivity index (χ1) is 18.5. The molecule has 0 aliphatic rings. The Morgan fingerprint density at radius 3 is 1.39 bits per heavy atom. The van der Waals surface area contributed by atoms with Gasteiger partial charge in [-0.15, -0.1) is 0 Å². The lowest BCUT2D eigenvalue weighted by molar-refractivity contribution is -0.0690. The first-order valence-corrected chi connectivity index (χ1v) is 16.9. The van der Waals surface area contributed by atoms with Crippen LogP contribution in [0.2, 0.25) is 0 Å². The monoisotopic (exact) mass is 543 g/mol. The van der Waals surface area contributed by atoms with Crippen LogP contribution in [0.3, 0.4) is 0 Å². The molecule has 5 nitrogen and oxygen atoms in total. The number of unbranched alkanes of at least 4 members (excludes halogenated alkanes) is 18. The zero-order chi connectivity index (χ0) is 28.3. The quantitative estimate of drug-likeness (QED) is 0.0469. The molecular weight excluding hydrogens is 472 g/mol. The van der Waals surface area contributed by atoms with Gasteiger partial charge in [-0.3, -0.25) is 0 Å². The molecule has 0 aliphatic carbocycles. The SMILES string of the molecule is CCCCCCCCCCCCCCCCNC(CO)(CCC)C(CCCCCCCC)NC(C)C(O)O. The van der Waals surface area contributed by atoms with Crippen LogP contribution in [0.5, 0.6) is 0 Å². The van der Waals surface area contributed by atoms with Gasteiger partial charge < -0.3 is 26.0 Å². The van der Waals surface area contributed by atoms with Gasteiger partial charge >= 0.3 is 0 Å². The van der Waals surface area contributed by atoms with E-state index in [0.29, 0.717) is 0 Å². The molecule has 230 valence electrons. The largest absolute Gasteiger partial charge is 0.394 e. The fourth-order valence-electron chi connectivity index (χ4n) is 5.79. The summed E-state index contributed by atoms with van der Waals surface area (Å²) in [5.74, 6) is 0. The van der Waals surface area contributed by atoms with Crippen LogP contribution in [0.25, 0.3) is 0 Å². The summed E-state index contributed by atoms with van der Waals surface area (Å²) in [6, 6.07) is -0.409. The van der Waals surface area contributed by atoms with Gasteiger partial charge in [0.15, 0.2) is 6.29 Å². The molecule has 5 N–H and O–H groups in total. The highest BCUT2D eigenvalue weighted by Crippen LogP contribution is 2.24. The van der Waals surface area contributed by atoms with Crippen LogP contribution < -0.4 is 10.6 Å². The third-order valence-electron chi connectivity index (χ3n) is 8.41. The maximum Gasteiger partial charge on any atom is 0.166 e. The predicted molar refractivity (Wildman–Crippen MR) is 166 cm³/mol. The molecule has 0 rings (SSSR count). The van der Waals surface area contributed by atoms with Crippen LogP contribution in [0, 0.1) is 0 Å². The number of hydrogen-bond donors (Lipinski definition) is 5. The van der Waals surface area contributed by atoms with Gasteiger partial charge in [-0.2, -0.15) is 0 Å². The minimum absolute atomic E-state index is 0.0158. The Morgan fingerprint density at radius 1 is 0.579 bits per heavy atom. The van der Waals surface area contributed by atoms with Crippen LogP contribution >= 0.6 is 0 Å². The summed E-state index contributed by atoms with van der Waals surface area (Å²) in [4.78, 5) is 0. The molecule has 0 saturated carbocycles. The second-order valence-corrected chi connectivity index (χ2v) is 12.1. The van der Waals surface area contributed by atoms with Gasteiger partial charge in [-0.05, 0) is 32.7 Å². The van der Waals surface area contributed by atoms with Crippen molar-refractivity contribution in [2.75, 3.05) is 13.2 Å². The van der Waals surface area contributed by atoms with E-state index >= 15 is 0 Å². The first kappa shape index (κ1) is 37.8. The molecule has 0 spiro atoms. The lowest BCUT2D eigenvalue weighted by atomic mass is 9.82. The molecular formula is C33H70N2O3. The van der Waals surface area contributed by atoms with Crippen molar-refractivity contribution in [3.8, 4) is 0 Å². The van der Waals surface area contributed by atoms with Gasteiger partial charge in [0.05, 0.1) is 18.2 Å². The number of nitrogens with one attached hydrogen (secondary N) is 2. The van der Waals surface area contributed by atoms with Gasteiger partial charge in [-0.25, -0.2) is 0 Å². The van der Waals surface area contributed by atoms with Crippen molar-refractivity contribution in [3.05, 3.63) is 0 Å². The van der Waals surface area contributed by atoms with E-state index in [-0.39, 0.29) is 12.6 Å². The van der Waals surface area contributed by atoms with E-state index in [2.05, 4.69) is 31.4 Å². The molecule has 0 aromatic heterocycles. The second-order valence-electron chi connectivity index (χ2n) is 12.1. The fourth-order valence-corrected chi connectivity index (χ4v) is 5.79. The highest BCUT2D eigenvalue weighted by Gasteiger charge is 2.37. The van der Waals surface area contributed by atoms with Crippen molar-refractivity contribution in [2.45, 2.75) is 199 Å². The summed E-state index contributed by atoms with van der Waals surface area (Å²) in [5.41, 5.74) is -0.419. The molecule has 0 aliphatic heterocycles. The van der Waals surface area contributed by atoms with Crippen molar-refractivity contribution < 1.29 is 15.3 Å². The van der Waals surface area contributed by atoms with Crippen molar-refractivity contribution in [2.24, 2.45) is 0 Å². The van der Waals surface area contributed by atoms with Crippen LogP contribution in [-0.2, 0) is 0 Å². The Bertz CT molecular complexity index is 477. The summed E-state index contributed by atoms with van der Waals surface area (Å²) in [6.07, 6.45) is 27.8. The van der Waals surface area contributed by atoms with Crippen molar-refractivity contribution in [3.63, 3.8) is 0 Å². The van der Waals surface area contributed by atoms with E-state index in [1.807, 2.05) is 6.92 Å². The zero-order valence-electron chi connectivity index (χ0n) is 26.3. The van der Waals surface area contributed by atoms with Crippen molar-refractivity contribution in [1.29, 1.82) is 0 Å². The number of aliphatic hydroxyl groups is 3. The third-order valence-corrected chi connectivity index (χ3v) is 8.41. The summed E-state index contributed by atoms with van der Waals surface area (Å²) in [7, 11) is 0. The average Bonchev–Trinajstić information content (AvgIpc) is 2.91. The van der Waals surface area contributed by atoms with E-state index in [1.54, 1.807) is 0 Å². The number of aliphatic hydroxyl groups excluding tert-OH is 2. The molecule has 0 heterocycles. The van der Waals surface area contributed by atoms with Gasteiger partial charge in [-0.1, -0.05) is 149 Å². The third kappa shape index (κ3) is 19.8. The van der Waals surface area contributed by atoms with Crippen LogP contribution in [0.1, 0.15) is 175 Å². The first-order valence-electron chi connectivity index (χ1n) is 16.9. The molecule has 3 unspecified atom stereocenters. The molecule has 0 aromatic rings. The fraction of sp³-hybridized carbons (Fsp3) is 1.00. The molecule has 0 bridgehead atoms. The van der Waals surface area contributed by atoms with E-state index in [4.69, 9.17) is 0 Å². The Kier molecular flexibility index (Phi) is 26.9. The van der Waals surface area contributed by atoms with Gasteiger partial charge in [0.2, 0.25) is 0 Å². The topological polar surface area (TPSA) is 84.8 Å². The molecule has 5 heteroatoms. The average molecular weight is 543 g/mol. The predicted octanol–water partition coefficient (Wildman–Crippen LogP) is 8.00. The van der Waals surface area contributed by atoms with Crippen molar-refractivity contribution >= 4 is 0 Å². The Hall–Kier alpha value is -0.200. The summed E-state index contributed by atoms with van der Waals surface area (Å²) >= 11 is 0. The molecule has 0 saturated heterocycles. The highest BCUT2D eigenvalue weighted by atomic mass is 16.5. The van der Waals surface area contributed by atoms with Gasteiger partial charge in [0, 0.05) is 6.04 Å². The smallest absolute Gasteiger partial charge is 0.166 e. The standard InChI is InChI=1S/C33H70N2O3/c1-5-8-10-12-14-15-16-17-18-19-20-21-23-25-28-34-33(29-36,27-7-3)31(35-30(4)32(37)38)26-24-22-13-11-9-6-2/h30-32,34-38H,5-29H2,1-4H3. The molecule has 0 aromatic carbocycles. The molecule has 0 radical (unpaired) electrons. The molecule has 0 amide bonds. The van der Waals surface area contributed by atoms with Gasteiger partial charge in [0.1, 0.15) is 0 Å². The van der Waals surface area contributed by atoms with E-state index in [1.165, 1.54) is 116 Å². The minimum Gasteiger partial charge on any atom is -0.394 e. The van der Waals surface area contributed by atoms with Crippen LogP contribution in [0.15, 0.2) is 0 Å². The Morgan fingerprint density at radius 2 is 1.00 bits per heavy atom. The lowest BCUT2D eigenvalue weighted by Crippen LogP contribution is -2.64. The maximum atomic E-state index is 10.6. The number of rotatable bonds is 30. The Labute approximate surface area is 238 Å². The maximum absolute atomic E-state index is 10.6. The van der Waals surface area contributed by atoms with Gasteiger partial charge in [0.25, 0.3) is 0 Å². The highest BCUT2D eigenvalue weighted by molar-refractivity contribution is 4.99. The van der Waals surface area contributed by atoms with E-state index in [9.17, 15) is 15.3 Å². The summed E-state index contributed by atoms with van der Waals surface area (Å²) < 4.78 is 0. The number of hydrogen-bond acceptors (Lipinski definition) is 5. The molecule has 3 atom stereocenters. The van der Waals surface area contributed by atoms with Crippen LogP contribution in [-0.4, -0.2) is 52.4 Å². The van der Waals surface area contributed by atoms with E-state index < -0.39 is 17.9 Å². The molecule has 0 fully saturated rings.